The molecule has 0 fully saturated rings. The molecule has 11 aromatic rings. The molecule has 0 bridgehead atoms. The van der Waals surface area contributed by atoms with E-state index in [-0.39, 0.29) is 0 Å². The Labute approximate surface area is 387 Å². The van der Waals surface area contributed by atoms with Gasteiger partial charge < -0.3 is 4.90 Å². The number of benzene rings is 11. The molecule has 1 heteroatoms. The van der Waals surface area contributed by atoms with E-state index in [2.05, 4.69) is 278 Å². The Morgan fingerprint density at radius 1 is 0.258 bits per heavy atom. The number of nitrogens with zero attached hydrogens (tertiary/aromatic N) is 1. The van der Waals surface area contributed by atoms with E-state index in [0.717, 1.165) is 22.6 Å². The van der Waals surface area contributed by atoms with Crippen LogP contribution in [0, 0.1) is 0 Å². The fourth-order valence-corrected chi connectivity index (χ4v) is 10.6. The van der Waals surface area contributed by atoms with Gasteiger partial charge in [-0.15, -0.1) is 0 Å². The molecule has 1 aliphatic carbocycles. The van der Waals surface area contributed by atoms with Gasteiger partial charge in [-0.05, 0) is 126 Å². The highest BCUT2D eigenvalue weighted by atomic mass is 15.1. The van der Waals surface area contributed by atoms with Gasteiger partial charge in [-0.25, -0.2) is 0 Å². The molecule has 0 heterocycles. The van der Waals surface area contributed by atoms with Crippen LogP contribution in [-0.2, 0) is 5.41 Å². The SMILES string of the molecule is c1ccc(-c2ccccc2N(c2ccc(-c3ccc4c(c3)C(c3ccccc3)(c3ccccc3)c3ccccc3-4)cc2)c2cccc(-c3cccc(-c4cccc5ccccc45)c3)c2)cc1. The van der Waals surface area contributed by atoms with Gasteiger partial charge in [-0.1, -0.05) is 231 Å². The van der Waals surface area contributed by atoms with Crippen molar-refractivity contribution in [2.24, 2.45) is 0 Å². The summed E-state index contributed by atoms with van der Waals surface area (Å²) in [5.74, 6) is 0. The van der Waals surface area contributed by atoms with Gasteiger partial charge in [0.2, 0.25) is 0 Å². The molecule has 0 aliphatic heterocycles. The van der Waals surface area contributed by atoms with Crippen molar-refractivity contribution in [3.63, 3.8) is 0 Å². The lowest BCUT2D eigenvalue weighted by molar-refractivity contribution is 0.769. The molecule has 66 heavy (non-hydrogen) atoms. The molecule has 0 radical (unpaired) electrons. The summed E-state index contributed by atoms with van der Waals surface area (Å²) in [7, 11) is 0. The van der Waals surface area contributed by atoms with Crippen LogP contribution in [0.2, 0.25) is 0 Å². The van der Waals surface area contributed by atoms with Gasteiger partial charge in [0.15, 0.2) is 0 Å². The molecule has 0 aromatic heterocycles. The molecule has 0 N–H and O–H groups in total. The van der Waals surface area contributed by atoms with E-state index in [9.17, 15) is 0 Å². The molecule has 11 aromatic carbocycles. The molecular formula is C65H45N. The van der Waals surface area contributed by atoms with Crippen LogP contribution in [0.5, 0.6) is 0 Å². The van der Waals surface area contributed by atoms with Crippen molar-refractivity contribution in [3.8, 4) is 55.6 Å². The topological polar surface area (TPSA) is 3.24 Å². The lowest BCUT2D eigenvalue weighted by atomic mass is 9.67. The Kier molecular flexibility index (Phi) is 9.81. The summed E-state index contributed by atoms with van der Waals surface area (Å²) in [5, 5.41) is 2.50. The zero-order valence-electron chi connectivity index (χ0n) is 36.4. The molecule has 1 aliphatic rings. The standard InChI is InChI=1S/C65H45N/c1-4-19-48(20-5-1)59-32-13-15-36-64(59)66(56-30-17-24-50(44-56)49-23-16-25-52(43-49)58-34-18-22-47-21-10-11-31-57(47)58)55-40-37-46(38-41-55)51-39-42-61-60-33-12-14-35-62(60)65(63(61)45-51,53-26-6-2-7-27-53)54-28-8-3-9-29-54/h1-45H. The summed E-state index contributed by atoms with van der Waals surface area (Å²) in [5.41, 5.74) is 20.0. The lowest BCUT2D eigenvalue weighted by Gasteiger charge is -2.34. The van der Waals surface area contributed by atoms with Crippen LogP contribution in [0.1, 0.15) is 22.3 Å². The van der Waals surface area contributed by atoms with Gasteiger partial charge in [0.1, 0.15) is 0 Å². The quantitative estimate of drug-likeness (QED) is 0.140. The minimum absolute atomic E-state index is 0.457. The molecular weight excluding hydrogens is 795 g/mol. The average Bonchev–Trinajstić information content (AvgIpc) is 3.70. The lowest BCUT2D eigenvalue weighted by Crippen LogP contribution is -2.28. The predicted octanol–water partition coefficient (Wildman–Crippen LogP) is 17.3. The van der Waals surface area contributed by atoms with Gasteiger partial charge in [0.05, 0.1) is 11.1 Å². The van der Waals surface area contributed by atoms with Crippen LogP contribution >= 0.6 is 0 Å². The van der Waals surface area contributed by atoms with Crippen molar-refractivity contribution in [2.45, 2.75) is 5.41 Å². The molecule has 0 amide bonds. The van der Waals surface area contributed by atoms with Gasteiger partial charge in [0, 0.05) is 16.9 Å². The third-order valence-corrected chi connectivity index (χ3v) is 13.5. The van der Waals surface area contributed by atoms with E-state index >= 15 is 0 Å². The molecule has 310 valence electrons. The first-order valence-electron chi connectivity index (χ1n) is 22.8. The van der Waals surface area contributed by atoms with Crippen LogP contribution in [0.25, 0.3) is 66.4 Å². The van der Waals surface area contributed by atoms with Crippen LogP contribution < -0.4 is 4.90 Å². The molecule has 0 atom stereocenters. The predicted molar refractivity (Wildman–Crippen MR) is 278 cm³/mol. The van der Waals surface area contributed by atoms with Crippen molar-refractivity contribution in [2.75, 3.05) is 4.90 Å². The number of para-hydroxylation sites is 1. The smallest absolute Gasteiger partial charge is 0.0713 e. The number of hydrogen-bond acceptors (Lipinski definition) is 1. The highest BCUT2D eigenvalue weighted by Crippen LogP contribution is 2.57. The zero-order chi connectivity index (χ0) is 43.9. The average molecular weight is 840 g/mol. The second-order valence-electron chi connectivity index (χ2n) is 17.2. The van der Waals surface area contributed by atoms with Gasteiger partial charge in [-0.2, -0.15) is 0 Å². The van der Waals surface area contributed by atoms with Crippen molar-refractivity contribution < 1.29 is 0 Å². The number of rotatable bonds is 9. The second-order valence-corrected chi connectivity index (χ2v) is 17.2. The molecule has 0 saturated heterocycles. The first-order valence-corrected chi connectivity index (χ1v) is 22.8. The first kappa shape index (κ1) is 39.1. The monoisotopic (exact) mass is 839 g/mol. The highest BCUT2D eigenvalue weighted by Gasteiger charge is 2.46. The minimum atomic E-state index is -0.457. The van der Waals surface area contributed by atoms with Gasteiger partial charge in [0.25, 0.3) is 0 Å². The van der Waals surface area contributed by atoms with E-state index in [1.807, 2.05) is 0 Å². The van der Waals surface area contributed by atoms with Crippen molar-refractivity contribution in [1.82, 2.24) is 0 Å². The Balaban J connectivity index is 0.978. The van der Waals surface area contributed by atoms with Crippen molar-refractivity contribution in [3.05, 3.63) is 295 Å². The van der Waals surface area contributed by atoms with E-state index in [4.69, 9.17) is 0 Å². The van der Waals surface area contributed by atoms with Crippen LogP contribution in [-0.4, -0.2) is 0 Å². The summed E-state index contributed by atoms with van der Waals surface area (Å²) in [6.45, 7) is 0. The molecule has 0 saturated carbocycles. The summed E-state index contributed by atoms with van der Waals surface area (Å²) in [6, 6.07) is 99.9. The fourth-order valence-electron chi connectivity index (χ4n) is 10.6. The number of anilines is 3. The third kappa shape index (κ3) is 6.64. The Morgan fingerprint density at radius 2 is 0.773 bits per heavy atom. The van der Waals surface area contributed by atoms with Crippen molar-refractivity contribution in [1.29, 1.82) is 0 Å². The van der Waals surface area contributed by atoms with Gasteiger partial charge >= 0.3 is 0 Å². The van der Waals surface area contributed by atoms with Crippen LogP contribution in [0.15, 0.2) is 273 Å². The molecule has 0 unspecified atom stereocenters. The fraction of sp³-hybridized carbons (Fsp3) is 0.0154. The normalized spacial score (nSPS) is 12.4. The maximum absolute atomic E-state index is 2.45. The summed E-state index contributed by atoms with van der Waals surface area (Å²) < 4.78 is 0. The highest BCUT2D eigenvalue weighted by molar-refractivity contribution is 5.98. The van der Waals surface area contributed by atoms with Crippen molar-refractivity contribution >= 4 is 27.8 Å². The summed E-state index contributed by atoms with van der Waals surface area (Å²) >= 11 is 0. The summed E-state index contributed by atoms with van der Waals surface area (Å²) in [4.78, 5) is 2.42. The molecule has 1 nitrogen and oxygen atoms in total. The maximum atomic E-state index is 2.45. The van der Waals surface area contributed by atoms with Crippen LogP contribution in [0.4, 0.5) is 17.1 Å². The molecule has 0 spiro atoms. The Hall–Kier alpha value is -8.52. The van der Waals surface area contributed by atoms with Crippen LogP contribution in [0.3, 0.4) is 0 Å². The summed E-state index contributed by atoms with van der Waals surface area (Å²) in [6.07, 6.45) is 0. The minimum Gasteiger partial charge on any atom is -0.310 e. The van der Waals surface area contributed by atoms with E-state index in [0.29, 0.717) is 0 Å². The van der Waals surface area contributed by atoms with E-state index in [1.165, 1.54) is 83.1 Å². The third-order valence-electron chi connectivity index (χ3n) is 13.5. The first-order chi connectivity index (χ1) is 32.7. The number of hydrogen-bond donors (Lipinski definition) is 0. The second kappa shape index (κ2) is 16.6. The maximum Gasteiger partial charge on any atom is 0.0713 e. The van der Waals surface area contributed by atoms with E-state index < -0.39 is 5.41 Å². The Bertz CT molecular complexity index is 3470. The van der Waals surface area contributed by atoms with Gasteiger partial charge in [-0.3, -0.25) is 0 Å². The largest absolute Gasteiger partial charge is 0.310 e. The van der Waals surface area contributed by atoms with E-state index in [1.54, 1.807) is 0 Å². The molecule has 12 rings (SSSR count). The number of fused-ring (bicyclic) bond motifs is 4. The zero-order valence-corrected chi connectivity index (χ0v) is 36.4. The Morgan fingerprint density at radius 3 is 1.55 bits per heavy atom.